The second-order valence-electron chi connectivity index (χ2n) is 5.46. The second kappa shape index (κ2) is 4.30. The Bertz CT molecular complexity index is 603. The molecule has 2 heteroatoms. The lowest BCUT2D eigenvalue weighted by Crippen LogP contribution is -2.35. The third-order valence-electron chi connectivity index (χ3n) is 4.28. The fourth-order valence-corrected chi connectivity index (χ4v) is 3.18. The van der Waals surface area contributed by atoms with E-state index in [1.54, 1.807) is 0 Å². The van der Waals surface area contributed by atoms with Crippen LogP contribution in [0.2, 0.25) is 0 Å². The second-order valence-corrected chi connectivity index (χ2v) is 5.46. The van der Waals surface area contributed by atoms with Crippen molar-refractivity contribution in [2.45, 2.75) is 12.8 Å². The fraction of sp³-hybridized carbons (Fsp3) is 0.294. The first kappa shape index (κ1) is 10.9. The molecule has 96 valence electrons. The van der Waals surface area contributed by atoms with Crippen LogP contribution in [0.5, 0.6) is 0 Å². The predicted octanol–water partition coefficient (Wildman–Crippen LogP) is 4.01. The highest BCUT2D eigenvalue weighted by atomic mass is 16.3. The zero-order valence-electron chi connectivity index (χ0n) is 10.9. The van der Waals surface area contributed by atoms with Crippen molar-refractivity contribution in [3.63, 3.8) is 0 Å². The number of nitrogens with zero attached hydrogens (tertiary/aromatic N) is 1. The normalized spacial score (nSPS) is 18.7. The molecule has 0 N–H and O–H groups in total. The SMILES string of the molecule is C1=C(c2cc(-c3ccccc3)co2)C2CCN1CC2. The van der Waals surface area contributed by atoms with Crippen LogP contribution in [0.25, 0.3) is 16.7 Å². The van der Waals surface area contributed by atoms with Gasteiger partial charge >= 0.3 is 0 Å². The first-order chi connectivity index (χ1) is 9.40. The van der Waals surface area contributed by atoms with Gasteiger partial charge in [0, 0.05) is 30.4 Å². The van der Waals surface area contributed by atoms with Gasteiger partial charge in [-0.05, 0) is 30.4 Å². The van der Waals surface area contributed by atoms with Gasteiger partial charge in [0.05, 0.1) is 6.26 Å². The minimum absolute atomic E-state index is 0.694. The average molecular weight is 251 g/mol. The molecular formula is C17H17NO. The summed E-state index contributed by atoms with van der Waals surface area (Å²) in [6.45, 7) is 2.42. The van der Waals surface area contributed by atoms with E-state index in [0.717, 1.165) is 5.76 Å². The minimum Gasteiger partial charge on any atom is -0.464 e. The van der Waals surface area contributed by atoms with E-state index in [4.69, 9.17) is 4.42 Å². The summed E-state index contributed by atoms with van der Waals surface area (Å²) in [6, 6.07) is 12.6. The molecule has 5 rings (SSSR count). The summed E-state index contributed by atoms with van der Waals surface area (Å²) in [4.78, 5) is 2.42. The molecular weight excluding hydrogens is 234 g/mol. The highest BCUT2D eigenvalue weighted by Gasteiger charge is 2.29. The van der Waals surface area contributed by atoms with Crippen LogP contribution in [0.3, 0.4) is 0 Å². The molecule has 2 nitrogen and oxygen atoms in total. The zero-order chi connectivity index (χ0) is 12.7. The smallest absolute Gasteiger partial charge is 0.132 e. The van der Waals surface area contributed by atoms with Crippen LogP contribution in [-0.2, 0) is 0 Å². The number of allylic oxidation sites excluding steroid dienone is 1. The van der Waals surface area contributed by atoms with E-state index in [0.29, 0.717) is 5.92 Å². The van der Waals surface area contributed by atoms with Crippen molar-refractivity contribution in [1.29, 1.82) is 0 Å². The Morgan fingerprint density at radius 2 is 1.79 bits per heavy atom. The number of rotatable bonds is 2. The first-order valence-corrected chi connectivity index (χ1v) is 7.00. The molecule has 1 saturated heterocycles. The van der Waals surface area contributed by atoms with Gasteiger partial charge in [-0.2, -0.15) is 0 Å². The molecule has 0 unspecified atom stereocenters. The highest BCUT2D eigenvalue weighted by Crippen LogP contribution is 2.38. The lowest BCUT2D eigenvalue weighted by molar-refractivity contribution is 0.249. The van der Waals surface area contributed by atoms with Gasteiger partial charge in [0.1, 0.15) is 5.76 Å². The van der Waals surface area contributed by atoms with Gasteiger partial charge in [-0.25, -0.2) is 0 Å². The zero-order valence-corrected chi connectivity index (χ0v) is 10.9. The summed E-state index contributed by atoms with van der Waals surface area (Å²) < 4.78 is 5.82. The first-order valence-electron chi connectivity index (χ1n) is 7.00. The van der Waals surface area contributed by atoms with Crippen molar-refractivity contribution in [2.24, 2.45) is 5.92 Å². The Balaban J connectivity index is 1.69. The Kier molecular flexibility index (Phi) is 2.47. The fourth-order valence-electron chi connectivity index (χ4n) is 3.18. The summed E-state index contributed by atoms with van der Waals surface area (Å²) in [5, 5.41) is 0. The van der Waals surface area contributed by atoms with Crippen molar-refractivity contribution in [2.75, 3.05) is 13.1 Å². The molecule has 0 spiro atoms. The van der Waals surface area contributed by atoms with Crippen LogP contribution in [0.4, 0.5) is 0 Å². The highest BCUT2D eigenvalue weighted by molar-refractivity contribution is 5.71. The maximum atomic E-state index is 5.82. The lowest BCUT2D eigenvalue weighted by Gasteiger charge is -2.38. The third kappa shape index (κ3) is 1.88. The molecule has 1 fully saturated rings. The lowest BCUT2D eigenvalue weighted by atomic mass is 9.84. The molecule has 0 amide bonds. The Hall–Kier alpha value is -1.96. The summed E-state index contributed by atoms with van der Waals surface area (Å²) in [5.41, 5.74) is 3.78. The molecule has 3 aliphatic heterocycles. The van der Waals surface area contributed by atoms with Crippen LogP contribution in [0.15, 0.2) is 53.3 Å². The summed E-state index contributed by atoms with van der Waals surface area (Å²) in [7, 11) is 0. The van der Waals surface area contributed by atoms with Gasteiger partial charge in [-0.1, -0.05) is 30.3 Å². The van der Waals surface area contributed by atoms with Crippen molar-refractivity contribution in [3.05, 3.63) is 54.6 Å². The quantitative estimate of drug-likeness (QED) is 0.801. The molecule has 19 heavy (non-hydrogen) atoms. The van der Waals surface area contributed by atoms with Crippen LogP contribution in [-0.4, -0.2) is 18.0 Å². The molecule has 0 atom stereocenters. The van der Waals surface area contributed by atoms with Crippen molar-refractivity contribution in [3.8, 4) is 11.1 Å². The molecule has 1 aromatic heterocycles. The Labute approximate surface area is 113 Å². The maximum Gasteiger partial charge on any atom is 0.132 e. The van der Waals surface area contributed by atoms with E-state index in [1.165, 1.54) is 42.6 Å². The number of hydrogen-bond donors (Lipinski definition) is 0. The van der Waals surface area contributed by atoms with Gasteiger partial charge in [0.15, 0.2) is 0 Å². The van der Waals surface area contributed by atoms with E-state index in [9.17, 15) is 0 Å². The van der Waals surface area contributed by atoms with Crippen molar-refractivity contribution >= 4 is 5.57 Å². The summed E-state index contributed by atoms with van der Waals surface area (Å²) in [6.07, 6.45) is 6.72. The number of hydrogen-bond acceptors (Lipinski definition) is 2. The van der Waals surface area contributed by atoms with Gasteiger partial charge in [-0.15, -0.1) is 0 Å². The maximum absolute atomic E-state index is 5.82. The average Bonchev–Trinajstić information content (AvgIpc) is 2.99. The van der Waals surface area contributed by atoms with Gasteiger partial charge in [-0.3, -0.25) is 0 Å². The monoisotopic (exact) mass is 251 g/mol. The van der Waals surface area contributed by atoms with Crippen molar-refractivity contribution < 1.29 is 4.42 Å². The predicted molar refractivity (Wildman–Crippen MR) is 76.4 cm³/mol. The standard InChI is InChI=1S/C17H17NO/c1-2-4-13(5-3-1)15-10-17(19-12-15)16-11-18-8-6-14(16)7-9-18/h1-5,10-12,14H,6-9H2. The molecule has 0 radical (unpaired) electrons. The van der Waals surface area contributed by atoms with E-state index in [-0.39, 0.29) is 0 Å². The largest absolute Gasteiger partial charge is 0.464 e. The van der Waals surface area contributed by atoms with Crippen LogP contribution in [0.1, 0.15) is 18.6 Å². The van der Waals surface area contributed by atoms with Crippen LogP contribution in [0, 0.1) is 5.92 Å². The van der Waals surface area contributed by atoms with Gasteiger partial charge in [0.2, 0.25) is 0 Å². The van der Waals surface area contributed by atoms with E-state index < -0.39 is 0 Å². The molecule has 2 bridgehead atoms. The molecule has 0 aliphatic carbocycles. The molecule has 3 aliphatic rings. The topological polar surface area (TPSA) is 16.4 Å². The van der Waals surface area contributed by atoms with Crippen LogP contribution >= 0.6 is 0 Å². The minimum atomic E-state index is 0.694. The molecule has 4 heterocycles. The summed E-state index contributed by atoms with van der Waals surface area (Å²) in [5.74, 6) is 1.74. The molecule has 2 aromatic rings. The van der Waals surface area contributed by atoms with Crippen LogP contribution < -0.4 is 0 Å². The number of benzene rings is 1. The number of piperidine rings is 1. The van der Waals surface area contributed by atoms with E-state index >= 15 is 0 Å². The van der Waals surface area contributed by atoms with Gasteiger partial charge in [0.25, 0.3) is 0 Å². The molecule has 0 saturated carbocycles. The van der Waals surface area contributed by atoms with E-state index in [2.05, 4.69) is 41.4 Å². The van der Waals surface area contributed by atoms with Crippen molar-refractivity contribution in [1.82, 2.24) is 4.90 Å². The Morgan fingerprint density at radius 1 is 1.00 bits per heavy atom. The number of fused-ring (bicyclic) bond motifs is 2. The van der Waals surface area contributed by atoms with Gasteiger partial charge < -0.3 is 9.32 Å². The molecule has 1 aromatic carbocycles. The third-order valence-corrected chi connectivity index (χ3v) is 4.28. The Morgan fingerprint density at radius 3 is 2.47 bits per heavy atom. The van der Waals surface area contributed by atoms with E-state index in [1.807, 2.05) is 12.3 Å². The number of furan rings is 1. The summed E-state index contributed by atoms with van der Waals surface area (Å²) >= 11 is 0.